The highest BCUT2D eigenvalue weighted by Gasteiger charge is 2.09. The lowest BCUT2D eigenvalue weighted by Gasteiger charge is -2.07. The molecule has 4 nitrogen and oxygen atoms in total. The number of rotatable bonds is 1. The number of fused-ring (bicyclic) bond motifs is 1. The molecule has 0 aliphatic heterocycles. The Morgan fingerprint density at radius 3 is 2.84 bits per heavy atom. The van der Waals surface area contributed by atoms with E-state index in [1.165, 1.54) is 0 Å². The highest BCUT2D eigenvalue weighted by Crippen LogP contribution is 2.24. The summed E-state index contributed by atoms with van der Waals surface area (Å²) in [5.74, 6) is 0. The summed E-state index contributed by atoms with van der Waals surface area (Å²) in [5, 5.41) is 9.23. The second-order valence-electron chi connectivity index (χ2n) is 4.14. The van der Waals surface area contributed by atoms with Gasteiger partial charge in [-0.1, -0.05) is 15.9 Å². The maximum absolute atomic E-state index is 9.23. The van der Waals surface area contributed by atoms with Crippen molar-refractivity contribution in [1.29, 1.82) is 5.26 Å². The first-order valence-electron chi connectivity index (χ1n) is 5.61. The monoisotopic (exact) mass is 312 g/mol. The number of nitrogens with two attached hydrogens (primary N) is 1. The third-order valence-corrected chi connectivity index (χ3v) is 3.40. The average molecular weight is 313 g/mol. The zero-order valence-electron chi connectivity index (χ0n) is 9.84. The van der Waals surface area contributed by atoms with Crippen molar-refractivity contribution < 1.29 is 0 Å². The lowest BCUT2D eigenvalue weighted by molar-refractivity contribution is 1.08. The van der Waals surface area contributed by atoms with Gasteiger partial charge in [-0.15, -0.1) is 0 Å². The van der Waals surface area contributed by atoms with E-state index in [2.05, 4.69) is 27.0 Å². The topological polar surface area (TPSA) is 67.6 Å². The Labute approximate surface area is 118 Å². The van der Waals surface area contributed by atoms with Gasteiger partial charge in [0.2, 0.25) is 0 Å². The van der Waals surface area contributed by atoms with Crippen LogP contribution in [0.25, 0.3) is 16.7 Å². The van der Waals surface area contributed by atoms with Crippen molar-refractivity contribution in [3.63, 3.8) is 0 Å². The summed E-state index contributed by atoms with van der Waals surface area (Å²) in [5.41, 5.74) is 9.54. The van der Waals surface area contributed by atoms with E-state index in [9.17, 15) is 5.26 Å². The predicted molar refractivity (Wildman–Crippen MR) is 77.9 cm³/mol. The molecule has 0 saturated carbocycles. The quantitative estimate of drug-likeness (QED) is 0.701. The number of benzene rings is 2. The molecule has 3 aromatic rings. The van der Waals surface area contributed by atoms with Gasteiger partial charge in [0.05, 0.1) is 22.3 Å². The lowest BCUT2D eigenvalue weighted by atomic mass is 10.2. The Morgan fingerprint density at radius 2 is 2.05 bits per heavy atom. The van der Waals surface area contributed by atoms with Crippen LogP contribution in [0.1, 0.15) is 5.56 Å². The number of nitrogen functional groups attached to an aromatic ring is 1. The van der Waals surface area contributed by atoms with Crippen LogP contribution in [-0.4, -0.2) is 9.55 Å². The zero-order valence-corrected chi connectivity index (χ0v) is 11.4. The molecule has 0 amide bonds. The SMILES string of the molecule is N#Cc1cc(Br)ccc1-n1cnc2cc(N)ccc21. The van der Waals surface area contributed by atoms with Crippen molar-refractivity contribution in [1.82, 2.24) is 9.55 Å². The van der Waals surface area contributed by atoms with Gasteiger partial charge >= 0.3 is 0 Å². The fourth-order valence-corrected chi connectivity index (χ4v) is 2.39. The van der Waals surface area contributed by atoms with Crippen molar-refractivity contribution in [2.45, 2.75) is 0 Å². The predicted octanol–water partition coefficient (Wildman–Crippen LogP) is 3.24. The summed E-state index contributed by atoms with van der Waals surface area (Å²) in [6.45, 7) is 0. The van der Waals surface area contributed by atoms with E-state index in [-0.39, 0.29) is 0 Å². The Hall–Kier alpha value is -2.32. The van der Waals surface area contributed by atoms with Crippen LogP contribution in [0.5, 0.6) is 0 Å². The van der Waals surface area contributed by atoms with Gasteiger partial charge in [-0.2, -0.15) is 5.26 Å². The molecule has 19 heavy (non-hydrogen) atoms. The molecule has 0 aliphatic carbocycles. The van der Waals surface area contributed by atoms with Crippen LogP contribution in [-0.2, 0) is 0 Å². The number of imidazole rings is 1. The Bertz CT molecular complexity index is 814. The molecule has 0 aliphatic rings. The first kappa shape index (κ1) is 11.8. The summed E-state index contributed by atoms with van der Waals surface area (Å²) in [6.07, 6.45) is 1.70. The van der Waals surface area contributed by atoms with Crippen molar-refractivity contribution in [2.24, 2.45) is 0 Å². The van der Waals surface area contributed by atoms with Crippen LogP contribution >= 0.6 is 15.9 Å². The summed E-state index contributed by atoms with van der Waals surface area (Å²) in [6, 6.07) is 13.3. The smallest absolute Gasteiger partial charge is 0.101 e. The van der Waals surface area contributed by atoms with Gasteiger partial charge in [-0.3, -0.25) is 4.57 Å². The molecule has 5 heteroatoms. The van der Waals surface area contributed by atoms with Crippen molar-refractivity contribution in [3.8, 4) is 11.8 Å². The van der Waals surface area contributed by atoms with Crippen molar-refractivity contribution in [2.75, 3.05) is 5.73 Å². The van der Waals surface area contributed by atoms with E-state index in [4.69, 9.17) is 5.73 Å². The molecule has 0 radical (unpaired) electrons. The molecule has 0 spiro atoms. The van der Waals surface area contributed by atoms with E-state index in [0.29, 0.717) is 11.3 Å². The molecule has 3 rings (SSSR count). The number of nitriles is 1. The third kappa shape index (κ3) is 1.96. The number of anilines is 1. The Kier molecular flexibility index (Phi) is 2.73. The number of aromatic nitrogens is 2. The number of halogens is 1. The highest BCUT2D eigenvalue weighted by molar-refractivity contribution is 9.10. The minimum atomic E-state index is 0.588. The molecule has 2 aromatic carbocycles. The van der Waals surface area contributed by atoms with E-state index >= 15 is 0 Å². The maximum atomic E-state index is 9.23. The average Bonchev–Trinajstić information content (AvgIpc) is 2.81. The van der Waals surface area contributed by atoms with Crippen LogP contribution < -0.4 is 5.73 Å². The molecule has 0 saturated heterocycles. The van der Waals surface area contributed by atoms with Gasteiger partial charge in [0.25, 0.3) is 0 Å². The standard InChI is InChI=1S/C14H9BrN4/c15-10-1-3-13(9(5-10)7-16)19-8-18-12-6-11(17)2-4-14(12)19/h1-6,8H,17H2. The molecule has 0 fully saturated rings. The van der Waals surface area contributed by atoms with E-state index < -0.39 is 0 Å². The zero-order chi connectivity index (χ0) is 13.4. The summed E-state index contributed by atoms with van der Waals surface area (Å²) in [7, 11) is 0. The van der Waals surface area contributed by atoms with Crippen LogP contribution in [0, 0.1) is 11.3 Å². The number of hydrogen-bond donors (Lipinski definition) is 1. The normalized spacial score (nSPS) is 10.5. The molecule has 0 atom stereocenters. The lowest BCUT2D eigenvalue weighted by Crippen LogP contribution is -1.96. The molecule has 0 unspecified atom stereocenters. The van der Waals surface area contributed by atoms with Crippen LogP contribution in [0.15, 0.2) is 47.2 Å². The molecule has 0 bridgehead atoms. The molecule has 92 valence electrons. The molecule has 1 heterocycles. The molecular formula is C14H9BrN4. The minimum Gasteiger partial charge on any atom is -0.399 e. The van der Waals surface area contributed by atoms with Gasteiger partial charge in [-0.25, -0.2) is 4.98 Å². The first-order valence-corrected chi connectivity index (χ1v) is 6.41. The first-order chi connectivity index (χ1) is 9.19. The molecule has 2 N–H and O–H groups in total. The molecular weight excluding hydrogens is 304 g/mol. The third-order valence-electron chi connectivity index (χ3n) is 2.91. The second-order valence-corrected chi connectivity index (χ2v) is 5.05. The van der Waals surface area contributed by atoms with Crippen molar-refractivity contribution in [3.05, 3.63) is 52.8 Å². The van der Waals surface area contributed by atoms with Gasteiger partial charge < -0.3 is 5.73 Å². The highest BCUT2D eigenvalue weighted by atomic mass is 79.9. The fourth-order valence-electron chi connectivity index (χ4n) is 2.03. The van der Waals surface area contributed by atoms with E-state index in [1.54, 1.807) is 12.4 Å². The molecule has 1 aromatic heterocycles. The largest absolute Gasteiger partial charge is 0.399 e. The Morgan fingerprint density at radius 1 is 1.21 bits per heavy atom. The second kappa shape index (κ2) is 4.41. The van der Waals surface area contributed by atoms with Gasteiger partial charge in [0.1, 0.15) is 12.4 Å². The number of hydrogen-bond acceptors (Lipinski definition) is 3. The maximum Gasteiger partial charge on any atom is 0.101 e. The summed E-state index contributed by atoms with van der Waals surface area (Å²) >= 11 is 3.37. The van der Waals surface area contributed by atoms with Gasteiger partial charge in [0, 0.05) is 10.2 Å². The minimum absolute atomic E-state index is 0.588. The number of nitrogens with zero attached hydrogens (tertiary/aromatic N) is 3. The van der Waals surface area contributed by atoms with E-state index in [0.717, 1.165) is 21.2 Å². The fraction of sp³-hybridized carbons (Fsp3) is 0. The van der Waals surface area contributed by atoms with Crippen LogP contribution in [0.2, 0.25) is 0 Å². The van der Waals surface area contributed by atoms with Crippen molar-refractivity contribution >= 4 is 32.7 Å². The summed E-state index contributed by atoms with van der Waals surface area (Å²) in [4.78, 5) is 4.32. The van der Waals surface area contributed by atoms with Gasteiger partial charge in [-0.05, 0) is 36.4 Å². The Balaban J connectivity index is 2.28. The van der Waals surface area contributed by atoms with E-state index in [1.807, 2.05) is 34.9 Å². The van der Waals surface area contributed by atoms with Crippen LogP contribution in [0.4, 0.5) is 5.69 Å². The summed E-state index contributed by atoms with van der Waals surface area (Å²) < 4.78 is 2.77. The van der Waals surface area contributed by atoms with Crippen LogP contribution in [0.3, 0.4) is 0 Å². The van der Waals surface area contributed by atoms with Gasteiger partial charge in [0.15, 0.2) is 0 Å².